The van der Waals surface area contributed by atoms with Crippen LogP contribution in [0.2, 0.25) is 0 Å². The number of aliphatic hydroxyl groups is 2. The number of hydrogen-bond donors (Lipinski definition) is 5. The summed E-state index contributed by atoms with van der Waals surface area (Å²) in [5.74, 6) is 0.558. The fraction of sp³-hybridized carbons (Fsp3) is 0.423. The minimum atomic E-state index is -1.81. The Morgan fingerprint density at radius 1 is 1.06 bits per heavy atom. The van der Waals surface area contributed by atoms with E-state index in [9.17, 15) is 25.1 Å². The van der Waals surface area contributed by atoms with Gasteiger partial charge in [-0.15, -0.1) is 0 Å². The highest BCUT2D eigenvalue weighted by Crippen LogP contribution is 2.35. The van der Waals surface area contributed by atoms with Crippen LogP contribution in [-0.4, -0.2) is 40.5 Å². The van der Waals surface area contributed by atoms with Crippen LogP contribution in [0.5, 0.6) is 0 Å². The predicted octanol–water partition coefficient (Wildman–Crippen LogP) is 2.56. The lowest BCUT2D eigenvalue weighted by molar-refractivity contribution is -0.0418. The van der Waals surface area contributed by atoms with Crippen LogP contribution in [0.25, 0.3) is 11.0 Å². The first-order chi connectivity index (χ1) is 16.4. The summed E-state index contributed by atoms with van der Waals surface area (Å²) < 4.78 is 6.34. The zero-order valence-corrected chi connectivity index (χ0v) is 20.6. The second kappa shape index (κ2) is 9.66. The van der Waals surface area contributed by atoms with Crippen LogP contribution in [0.4, 0.5) is 11.6 Å². The lowest BCUT2D eigenvalue weighted by atomic mass is 9.79. The Hall–Kier alpha value is -2.85. The van der Waals surface area contributed by atoms with Crippen molar-refractivity contribution in [2.24, 2.45) is 5.41 Å². The SMILES string of the molecule is Cc1cc(C(C)Nc2ccc(B(O)O)cc2C(O)O)c2oc(N3CCC(C)(C)CC3)cc(=O)c2c1. The summed E-state index contributed by atoms with van der Waals surface area (Å²) in [6.07, 6.45) is 0.210. The van der Waals surface area contributed by atoms with Gasteiger partial charge in [0.05, 0.1) is 11.4 Å². The molecule has 1 unspecified atom stereocenters. The number of nitrogens with one attached hydrogen (secondary N) is 1. The molecule has 186 valence electrons. The first-order valence-electron chi connectivity index (χ1n) is 11.9. The van der Waals surface area contributed by atoms with Crippen molar-refractivity contribution in [3.8, 4) is 0 Å². The van der Waals surface area contributed by atoms with Crippen molar-refractivity contribution in [1.82, 2.24) is 0 Å². The predicted molar refractivity (Wildman–Crippen MR) is 138 cm³/mol. The van der Waals surface area contributed by atoms with Gasteiger partial charge in [0.25, 0.3) is 0 Å². The van der Waals surface area contributed by atoms with E-state index in [-0.39, 0.29) is 27.9 Å². The number of nitrogens with zero attached hydrogens (tertiary/aromatic N) is 1. The van der Waals surface area contributed by atoms with Gasteiger partial charge in [0.1, 0.15) is 5.58 Å². The molecule has 0 bridgehead atoms. The summed E-state index contributed by atoms with van der Waals surface area (Å²) in [6.45, 7) is 9.94. The number of aliphatic hydroxyl groups excluding tert-OH is 1. The topological polar surface area (TPSA) is 126 Å². The average Bonchev–Trinajstić information content (AvgIpc) is 2.78. The molecule has 0 spiro atoms. The maximum absolute atomic E-state index is 13.1. The molecule has 1 aromatic heterocycles. The fourth-order valence-corrected chi connectivity index (χ4v) is 4.63. The molecule has 35 heavy (non-hydrogen) atoms. The van der Waals surface area contributed by atoms with Crippen LogP contribution in [0.1, 0.15) is 62.6 Å². The van der Waals surface area contributed by atoms with Crippen LogP contribution in [0.3, 0.4) is 0 Å². The molecular formula is C26H33BN2O6. The van der Waals surface area contributed by atoms with Crippen LogP contribution < -0.4 is 21.1 Å². The van der Waals surface area contributed by atoms with Gasteiger partial charge in [-0.25, -0.2) is 0 Å². The minimum Gasteiger partial charge on any atom is -0.440 e. The molecule has 1 aliphatic heterocycles. The largest absolute Gasteiger partial charge is 0.488 e. The molecule has 1 saturated heterocycles. The number of anilines is 2. The Kier molecular flexibility index (Phi) is 6.97. The van der Waals surface area contributed by atoms with Gasteiger partial charge in [-0.05, 0) is 55.3 Å². The molecule has 0 amide bonds. The van der Waals surface area contributed by atoms with E-state index in [2.05, 4.69) is 24.1 Å². The Morgan fingerprint density at radius 3 is 2.37 bits per heavy atom. The molecule has 2 heterocycles. The average molecular weight is 480 g/mol. The third-order valence-corrected chi connectivity index (χ3v) is 6.91. The smallest absolute Gasteiger partial charge is 0.440 e. The lowest BCUT2D eigenvalue weighted by Crippen LogP contribution is -2.37. The number of benzene rings is 2. The Morgan fingerprint density at radius 2 is 1.74 bits per heavy atom. The van der Waals surface area contributed by atoms with Crippen molar-refractivity contribution in [1.29, 1.82) is 0 Å². The summed E-state index contributed by atoms with van der Waals surface area (Å²) in [4.78, 5) is 15.2. The van der Waals surface area contributed by atoms with Crippen LogP contribution >= 0.6 is 0 Å². The first kappa shape index (κ1) is 25.3. The van der Waals surface area contributed by atoms with Gasteiger partial charge in [-0.2, -0.15) is 0 Å². The quantitative estimate of drug-likeness (QED) is 0.269. The van der Waals surface area contributed by atoms with Gasteiger partial charge >= 0.3 is 7.12 Å². The Balaban J connectivity index is 1.73. The summed E-state index contributed by atoms with van der Waals surface area (Å²) >= 11 is 0. The van der Waals surface area contributed by atoms with Crippen molar-refractivity contribution < 1.29 is 24.7 Å². The number of hydrogen-bond acceptors (Lipinski definition) is 8. The van der Waals surface area contributed by atoms with E-state index in [1.54, 1.807) is 12.1 Å². The third kappa shape index (κ3) is 5.38. The van der Waals surface area contributed by atoms with Gasteiger partial charge < -0.3 is 34.9 Å². The third-order valence-electron chi connectivity index (χ3n) is 6.91. The highest BCUT2D eigenvalue weighted by molar-refractivity contribution is 6.58. The summed E-state index contributed by atoms with van der Waals surface area (Å²) in [7, 11) is -1.73. The zero-order chi connectivity index (χ0) is 25.5. The summed E-state index contributed by atoms with van der Waals surface area (Å²) in [5, 5.41) is 42.3. The van der Waals surface area contributed by atoms with Gasteiger partial charge in [0.15, 0.2) is 17.6 Å². The second-order valence-corrected chi connectivity index (χ2v) is 10.3. The number of piperidine rings is 1. The number of fused-ring (bicyclic) bond motifs is 1. The maximum Gasteiger partial charge on any atom is 0.488 e. The number of aryl methyl sites for hydroxylation is 1. The van der Waals surface area contributed by atoms with Gasteiger partial charge in [-0.1, -0.05) is 32.0 Å². The molecular weight excluding hydrogens is 447 g/mol. The van der Waals surface area contributed by atoms with Gasteiger partial charge in [-0.3, -0.25) is 4.79 Å². The molecule has 3 aromatic rings. The molecule has 0 saturated carbocycles. The van der Waals surface area contributed by atoms with Crippen LogP contribution in [-0.2, 0) is 0 Å². The molecule has 1 fully saturated rings. The zero-order valence-electron chi connectivity index (χ0n) is 20.6. The van der Waals surface area contributed by atoms with E-state index in [1.165, 1.54) is 12.1 Å². The molecule has 2 aromatic carbocycles. The van der Waals surface area contributed by atoms with Crippen LogP contribution in [0, 0.1) is 12.3 Å². The first-order valence-corrected chi connectivity index (χ1v) is 11.9. The Bertz CT molecular complexity index is 1280. The highest BCUT2D eigenvalue weighted by atomic mass is 16.5. The van der Waals surface area contributed by atoms with Gasteiger partial charge in [0, 0.05) is 36.0 Å². The standard InChI is InChI=1S/C26H33BN2O6/c1-15-11-18(16(2)28-21-6-5-17(27(33)34)13-19(21)25(31)32)24-20(12-15)22(30)14-23(35-24)29-9-7-26(3,4)8-10-29/h5-6,11-14,16,25,28,31-34H,7-10H2,1-4H3. The van der Waals surface area contributed by atoms with E-state index >= 15 is 0 Å². The maximum atomic E-state index is 13.1. The summed E-state index contributed by atoms with van der Waals surface area (Å²) in [6, 6.07) is 9.37. The van der Waals surface area contributed by atoms with Crippen molar-refractivity contribution in [2.75, 3.05) is 23.3 Å². The normalized spacial score (nSPS) is 16.5. The van der Waals surface area contributed by atoms with E-state index in [0.29, 0.717) is 22.5 Å². The van der Waals surface area contributed by atoms with E-state index < -0.39 is 13.4 Å². The molecule has 1 aliphatic rings. The van der Waals surface area contributed by atoms with Crippen LogP contribution in [0.15, 0.2) is 45.6 Å². The minimum absolute atomic E-state index is 0.101. The van der Waals surface area contributed by atoms with Crippen molar-refractivity contribution >= 4 is 35.1 Å². The second-order valence-electron chi connectivity index (χ2n) is 10.3. The fourth-order valence-electron chi connectivity index (χ4n) is 4.63. The molecule has 1 atom stereocenters. The molecule has 0 aliphatic carbocycles. The molecule has 5 N–H and O–H groups in total. The summed E-state index contributed by atoms with van der Waals surface area (Å²) in [5.41, 5.74) is 3.01. The lowest BCUT2D eigenvalue weighted by Gasteiger charge is -2.37. The highest BCUT2D eigenvalue weighted by Gasteiger charge is 2.27. The van der Waals surface area contributed by atoms with Crippen molar-refractivity contribution in [3.63, 3.8) is 0 Å². The Labute approximate surface area is 205 Å². The monoisotopic (exact) mass is 480 g/mol. The van der Waals surface area contributed by atoms with E-state index in [0.717, 1.165) is 37.1 Å². The van der Waals surface area contributed by atoms with E-state index in [4.69, 9.17) is 4.42 Å². The number of rotatable bonds is 6. The van der Waals surface area contributed by atoms with Crippen molar-refractivity contribution in [3.05, 3.63) is 63.3 Å². The van der Waals surface area contributed by atoms with Crippen molar-refractivity contribution in [2.45, 2.75) is 52.9 Å². The molecule has 8 nitrogen and oxygen atoms in total. The molecule has 0 radical (unpaired) electrons. The molecule has 4 rings (SSSR count). The molecule has 9 heteroatoms. The van der Waals surface area contributed by atoms with E-state index in [1.807, 2.05) is 26.0 Å². The van der Waals surface area contributed by atoms with Gasteiger partial charge in [0.2, 0.25) is 0 Å².